The number of sulfonamides is 1. The van der Waals surface area contributed by atoms with Gasteiger partial charge in [0, 0.05) is 6.04 Å². The van der Waals surface area contributed by atoms with Crippen molar-refractivity contribution >= 4 is 27.3 Å². The van der Waals surface area contributed by atoms with Crippen molar-refractivity contribution in [3.63, 3.8) is 0 Å². The van der Waals surface area contributed by atoms with Crippen LogP contribution in [0.1, 0.15) is 19.4 Å². The van der Waals surface area contributed by atoms with Gasteiger partial charge in [0.25, 0.3) is 10.0 Å². The van der Waals surface area contributed by atoms with E-state index >= 15 is 0 Å². The number of halogens is 1. The summed E-state index contributed by atoms with van der Waals surface area (Å²) >= 11 is 6.15. The van der Waals surface area contributed by atoms with Crippen molar-refractivity contribution in [1.29, 1.82) is 0 Å². The molecule has 23 heavy (non-hydrogen) atoms. The first-order valence-corrected chi connectivity index (χ1v) is 9.31. The lowest BCUT2D eigenvalue weighted by atomic mass is 10.1. The van der Waals surface area contributed by atoms with Gasteiger partial charge in [-0.3, -0.25) is 4.31 Å². The lowest BCUT2D eigenvalue weighted by Gasteiger charge is -2.24. The summed E-state index contributed by atoms with van der Waals surface area (Å²) in [7, 11) is -3.66. The third kappa shape index (κ3) is 2.79. The van der Waals surface area contributed by atoms with Gasteiger partial charge < -0.3 is 4.74 Å². The molecule has 0 saturated heterocycles. The highest BCUT2D eigenvalue weighted by atomic mass is 35.5. The van der Waals surface area contributed by atoms with Crippen LogP contribution in [0.15, 0.2) is 47.4 Å². The largest absolute Gasteiger partial charge is 0.492 e. The van der Waals surface area contributed by atoms with Gasteiger partial charge in [-0.25, -0.2) is 8.42 Å². The lowest BCUT2D eigenvalue weighted by molar-refractivity contribution is 0.340. The molecule has 2 aromatic rings. The number of ether oxygens (including phenoxy) is 1. The SMILES string of the molecule is CCOc1ccc(S(=O)(=O)N2c3ccccc3C[C@H]2C)cc1Cl. The van der Waals surface area contributed by atoms with E-state index in [1.165, 1.54) is 10.4 Å². The molecule has 0 N–H and O–H groups in total. The predicted octanol–water partition coefficient (Wildman–Crippen LogP) is 3.88. The molecular formula is C17H18ClNO3S. The average Bonchev–Trinajstić information content (AvgIpc) is 2.85. The molecule has 0 bridgehead atoms. The molecule has 0 aliphatic carbocycles. The van der Waals surface area contributed by atoms with E-state index in [0.29, 0.717) is 23.8 Å². The molecule has 0 unspecified atom stereocenters. The van der Waals surface area contributed by atoms with Gasteiger partial charge in [0.05, 0.1) is 22.2 Å². The van der Waals surface area contributed by atoms with E-state index < -0.39 is 10.0 Å². The molecule has 0 aromatic heterocycles. The highest BCUT2D eigenvalue weighted by Crippen LogP contribution is 2.37. The Balaban J connectivity index is 2.04. The normalized spacial score (nSPS) is 17.2. The van der Waals surface area contributed by atoms with Gasteiger partial charge in [-0.15, -0.1) is 0 Å². The van der Waals surface area contributed by atoms with Crippen LogP contribution in [0.2, 0.25) is 5.02 Å². The first-order valence-electron chi connectivity index (χ1n) is 7.50. The Morgan fingerprint density at radius 1 is 1.26 bits per heavy atom. The van der Waals surface area contributed by atoms with Gasteiger partial charge in [-0.2, -0.15) is 0 Å². The lowest BCUT2D eigenvalue weighted by Crippen LogP contribution is -2.35. The third-order valence-corrected chi connectivity index (χ3v) is 6.12. The standard InChI is InChI=1S/C17H18ClNO3S/c1-3-22-17-9-8-14(11-15(17)18)23(20,21)19-12(2)10-13-6-4-5-7-16(13)19/h4-9,11-12H,3,10H2,1-2H3/t12-/m1/s1. The minimum absolute atomic E-state index is 0.122. The molecule has 1 atom stereocenters. The van der Waals surface area contributed by atoms with E-state index in [2.05, 4.69) is 0 Å². The fourth-order valence-corrected chi connectivity index (χ4v) is 4.95. The second kappa shape index (κ2) is 6.06. The van der Waals surface area contributed by atoms with E-state index in [1.807, 2.05) is 38.1 Å². The number of fused-ring (bicyclic) bond motifs is 1. The van der Waals surface area contributed by atoms with Crippen molar-refractivity contribution in [2.24, 2.45) is 0 Å². The zero-order valence-corrected chi connectivity index (χ0v) is 14.6. The fraction of sp³-hybridized carbons (Fsp3) is 0.294. The Labute approximate surface area is 141 Å². The van der Waals surface area contributed by atoms with Crippen molar-refractivity contribution in [3.05, 3.63) is 53.1 Å². The number of hydrogen-bond donors (Lipinski definition) is 0. The number of anilines is 1. The summed E-state index contributed by atoms with van der Waals surface area (Å²) in [4.78, 5) is 0.175. The zero-order valence-electron chi connectivity index (χ0n) is 13.0. The summed E-state index contributed by atoms with van der Waals surface area (Å²) in [6.07, 6.45) is 0.708. The van der Waals surface area contributed by atoms with Gasteiger partial charge in [-0.1, -0.05) is 29.8 Å². The van der Waals surface area contributed by atoms with Crippen molar-refractivity contribution in [2.45, 2.75) is 31.2 Å². The number of rotatable bonds is 4. The Bertz CT molecular complexity index is 835. The summed E-state index contributed by atoms with van der Waals surface area (Å²) in [6.45, 7) is 4.24. The summed E-state index contributed by atoms with van der Waals surface area (Å²) in [5.41, 5.74) is 1.78. The molecule has 3 rings (SSSR count). The third-order valence-electron chi connectivity index (χ3n) is 3.90. The molecule has 1 aliphatic heterocycles. The van der Waals surface area contributed by atoms with Crippen LogP contribution in [0.5, 0.6) is 5.75 Å². The van der Waals surface area contributed by atoms with Crippen molar-refractivity contribution in [3.8, 4) is 5.75 Å². The van der Waals surface area contributed by atoms with Crippen LogP contribution in [0.3, 0.4) is 0 Å². The van der Waals surface area contributed by atoms with Crippen LogP contribution in [-0.2, 0) is 16.4 Å². The maximum atomic E-state index is 13.1. The smallest absolute Gasteiger partial charge is 0.264 e. The second-order valence-electron chi connectivity index (χ2n) is 5.51. The van der Waals surface area contributed by atoms with Crippen LogP contribution >= 0.6 is 11.6 Å². The molecule has 0 radical (unpaired) electrons. The summed E-state index contributed by atoms with van der Waals surface area (Å²) < 4.78 is 33.0. The van der Waals surface area contributed by atoms with Crippen molar-refractivity contribution in [2.75, 3.05) is 10.9 Å². The topological polar surface area (TPSA) is 46.6 Å². The van der Waals surface area contributed by atoms with Gasteiger partial charge in [0.15, 0.2) is 0 Å². The van der Waals surface area contributed by atoms with Crippen LogP contribution in [0.25, 0.3) is 0 Å². The molecule has 0 saturated carbocycles. The van der Waals surface area contributed by atoms with Gasteiger partial charge in [0.2, 0.25) is 0 Å². The maximum absolute atomic E-state index is 13.1. The van der Waals surface area contributed by atoms with Crippen LogP contribution in [-0.4, -0.2) is 21.1 Å². The summed E-state index contributed by atoms with van der Waals surface area (Å²) in [5.74, 6) is 0.489. The Morgan fingerprint density at radius 3 is 2.70 bits per heavy atom. The molecule has 6 heteroatoms. The van der Waals surface area contributed by atoms with E-state index in [0.717, 1.165) is 11.3 Å². The van der Waals surface area contributed by atoms with Gasteiger partial charge in [-0.05, 0) is 50.1 Å². The Kier molecular flexibility index (Phi) is 4.25. The number of nitrogens with zero attached hydrogens (tertiary/aromatic N) is 1. The fourth-order valence-electron chi connectivity index (χ4n) is 2.93. The van der Waals surface area contributed by atoms with E-state index in [9.17, 15) is 8.42 Å². The molecule has 1 aliphatic rings. The molecule has 122 valence electrons. The minimum atomic E-state index is -3.66. The number of hydrogen-bond acceptors (Lipinski definition) is 3. The van der Waals surface area contributed by atoms with Crippen molar-refractivity contribution < 1.29 is 13.2 Å². The zero-order chi connectivity index (χ0) is 16.6. The quantitative estimate of drug-likeness (QED) is 0.839. The molecule has 0 fully saturated rings. The minimum Gasteiger partial charge on any atom is -0.492 e. The van der Waals surface area contributed by atoms with Gasteiger partial charge in [0.1, 0.15) is 5.75 Å². The Hall–Kier alpha value is -1.72. The molecule has 0 amide bonds. The first kappa shape index (κ1) is 16.1. The summed E-state index contributed by atoms with van der Waals surface area (Å²) in [6, 6.07) is 12.1. The summed E-state index contributed by atoms with van der Waals surface area (Å²) in [5, 5.41) is 0.299. The molecular weight excluding hydrogens is 334 g/mol. The highest BCUT2D eigenvalue weighted by Gasteiger charge is 2.36. The van der Waals surface area contributed by atoms with Crippen molar-refractivity contribution in [1.82, 2.24) is 0 Å². The molecule has 2 aromatic carbocycles. The second-order valence-corrected chi connectivity index (χ2v) is 7.73. The van der Waals surface area contributed by atoms with Gasteiger partial charge >= 0.3 is 0 Å². The van der Waals surface area contributed by atoms with Crippen LogP contribution in [0, 0.1) is 0 Å². The van der Waals surface area contributed by atoms with E-state index in [-0.39, 0.29) is 10.9 Å². The van der Waals surface area contributed by atoms with E-state index in [4.69, 9.17) is 16.3 Å². The number of para-hydroxylation sites is 1. The van der Waals surface area contributed by atoms with Crippen LogP contribution in [0.4, 0.5) is 5.69 Å². The first-order chi connectivity index (χ1) is 10.9. The average molecular weight is 352 g/mol. The number of benzene rings is 2. The van der Waals surface area contributed by atoms with E-state index in [1.54, 1.807) is 12.1 Å². The monoisotopic (exact) mass is 351 g/mol. The predicted molar refractivity (Wildman–Crippen MR) is 91.9 cm³/mol. The maximum Gasteiger partial charge on any atom is 0.264 e. The Morgan fingerprint density at radius 2 is 2.00 bits per heavy atom. The molecule has 4 nitrogen and oxygen atoms in total. The van der Waals surface area contributed by atoms with Crippen LogP contribution < -0.4 is 9.04 Å². The molecule has 0 spiro atoms. The molecule has 1 heterocycles. The highest BCUT2D eigenvalue weighted by molar-refractivity contribution is 7.92.